The summed E-state index contributed by atoms with van der Waals surface area (Å²) >= 11 is 0. The Hall–Kier alpha value is -1.71. The van der Waals surface area contributed by atoms with Crippen molar-refractivity contribution in [1.82, 2.24) is 9.97 Å². The average Bonchev–Trinajstić information content (AvgIpc) is 2.82. The van der Waals surface area contributed by atoms with Crippen LogP contribution in [-0.4, -0.2) is 39.9 Å². The molecule has 2 atom stereocenters. The topological polar surface area (TPSA) is 91.1 Å². The third-order valence-electron chi connectivity index (χ3n) is 6.12. The van der Waals surface area contributed by atoms with Crippen LogP contribution in [0.4, 0.5) is 5.95 Å². The van der Waals surface area contributed by atoms with Crippen molar-refractivity contribution in [3.63, 3.8) is 0 Å². The summed E-state index contributed by atoms with van der Waals surface area (Å²) in [5, 5.41) is 23.4. The maximum absolute atomic E-state index is 10.5. The van der Waals surface area contributed by atoms with Crippen molar-refractivity contribution in [3.8, 4) is 6.07 Å². The Labute approximate surface area is 162 Å². The lowest BCUT2D eigenvalue weighted by Crippen LogP contribution is -2.30. The summed E-state index contributed by atoms with van der Waals surface area (Å²) in [6, 6.07) is 2.59. The first-order valence-electron chi connectivity index (χ1n) is 10.3. The van der Waals surface area contributed by atoms with Gasteiger partial charge in [-0.05, 0) is 64.2 Å². The van der Waals surface area contributed by atoms with Crippen molar-refractivity contribution in [2.24, 2.45) is 5.92 Å². The minimum atomic E-state index is -0.609. The number of ether oxygens (including phenoxy) is 1. The highest BCUT2D eigenvalue weighted by Crippen LogP contribution is 2.33. The lowest BCUT2D eigenvalue weighted by molar-refractivity contribution is 0.0318. The zero-order valence-corrected chi connectivity index (χ0v) is 16.6. The Morgan fingerprint density at radius 1 is 1.30 bits per heavy atom. The van der Waals surface area contributed by atoms with Gasteiger partial charge in [0.15, 0.2) is 0 Å². The molecule has 0 aliphatic heterocycles. The number of nitrogens with zero attached hydrogens (tertiary/aromatic N) is 3. The van der Waals surface area contributed by atoms with E-state index in [0.717, 1.165) is 69.9 Å². The standard InChI is InChI=1S/C21H32N4O2/c1-21(26)10-4-3-5-15(12-21)11-19-16(13-22)14-23-20(25-19)24-17-6-8-18(27-2)9-7-17/h14-15,17-18,26H,3-12H2,1-2H3,(H,23,24,25)/t15-,17?,18?,21+/m0/s1. The lowest BCUT2D eigenvalue weighted by atomic mass is 9.87. The number of nitriles is 1. The normalized spacial score (nSPS) is 31.7. The van der Waals surface area contributed by atoms with Crippen LogP contribution in [0, 0.1) is 17.2 Å². The second-order valence-electron chi connectivity index (χ2n) is 8.54. The van der Waals surface area contributed by atoms with Crippen LogP contribution in [-0.2, 0) is 11.2 Å². The molecule has 0 unspecified atom stereocenters. The van der Waals surface area contributed by atoms with Crippen LogP contribution in [0.2, 0.25) is 0 Å². The van der Waals surface area contributed by atoms with E-state index < -0.39 is 5.60 Å². The number of aromatic nitrogens is 2. The van der Waals surface area contributed by atoms with Crippen LogP contribution < -0.4 is 5.32 Å². The monoisotopic (exact) mass is 372 g/mol. The van der Waals surface area contributed by atoms with Crippen molar-refractivity contribution < 1.29 is 9.84 Å². The van der Waals surface area contributed by atoms with Crippen molar-refractivity contribution in [2.45, 2.75) is 88.9 Å². The molecule has 0 radical (unpaired) electrons. The molecule has 0 aromatic carbocycles. The van der Waals surface area contributed by atoms with E-state index in [1.54, 1.807) is 13.3 Å². The van der Waals surface area contributed by atoms with E-state index in [2.05, 4.69) is 16.4 Å². The quantitative estimate of drug-likeness (QED) is 0.768. The number of rotatable bonds is 5. The fraction of sp³-hybridized carbons (Fsp3) is 0.762. The highest BCUT2D eigenvalue weighted by atomic mass is 16.5. The smallest absolute Gasteiger partial charge is 0.223 e. The number of aliphatic hydroxyl groups is 1. The van der Waals surface area contributed by atoms with Crippen LogP contribution in [0.3, 0.4) is 0 Å². The van der Waals surface area contributed by atoms with Gasteiger partial charge >= 0.3 is 0 Å². The van der Waals surface area contributed by atoms with Crippen molar-refractivity contribution in [3.05, 3.63) is 17.5 Å². The van der Waals surface area contributed by atoms with Gasteiger partial charge in [0.2, 0.25) is 5.95 Å². The fourth-order valence-corrected chi connectivity index (χ4v) is 4.57. The van der Waals surface area contributed by atoms with Crippen molar-refractivity contribution in [2.75, 3.05) is 12.4 Å². The predicted molar refractivity (Wildman–Crippen MR) is 104 cm³/mol. The number of methoxy groups -OCH3 is 1. The van der Waals surface area contributed by atoms with Crippen LogP contribution in [0.15, 0.2) is 6.20 Å². The number of nitrogens with one attached hydrogen (secondary N) is 1. The van der Waals surface area contributed by atoms with Crippen molar-refractivity contribution in [1.29, 1.82) is 5.26 Å². The minimum Gasteiger partial charge on any atom is -0.390 e. The molecule has 2 saturated carbocycles. The molecule has 1 aromatic rings. The minimum absolute atomic E-state index is 0.356. The molecule has 6 nitrogen and oxygen atoms in total. The highest BCUT2D eigenvalue weighted by molar-refractivity contribution is 5.37. The molecule has 148 valence electrons. The van der Waals surface area contributed by atoms with Crippen LogP contribution in [0.1, 0.15) is 76.0 Å². The largest absolute Gasteiger partial charge is 0.390 e. The van der Waals surface area contributed by atoms with Crippen LogP contribution in [0.25, 0.3) is 0 Å². The summed E-state index contributed by atoms with van der Waals surface area (Å²) in [4.78, 5) is 9.05. The van der Waals surface area contributed by atoms with E-state index in [-0.39, 0.29) is 0 Å². The Balaban J connectivity index is 1.67. The summed E-state index contributed by atoms with van der Waals surface area (Å²) in [7, 11) is 1.78. The molecule has 2 aliphatic rings. The summed E-state index contributed by atoms with van der Waals surface area (Å²) in [5.74, 6) is 0.972. The van der Waals surface area contributed by atoms with E-state index in [4.69, 9.17) is 9.72 Å². The fourth-order valence-electron chi connectivity index (χ4n) is 4.57. The molecule has 0 bridgehead atoms. The van der Waals surface area contributed by atoms with E-state index >= 15 is 0 Å². The van der Waals surface area contributed by atoms with E-state index in [9.17, 15) is 10.4 Å². The molecule has 0 spiro atoms. The van der Waals surface area contributed by atoms with Gasteiger partial charge in [-0.15, -0.1) is 0 Å². The Kier molecular flexibility index (Phi) is 6.67. The zero-order chi connectivity index (χ0) is 19.3. The van der Waals surface area contributed by atoms with Gasteiger partial charge in [0.1, 0.15) is 6.07 Å². The third-order valence-corrected chi connectivity index (χ3v) is 6.12. The summed E-state index contributed by atoms with van der Waals surface area (Å²) in [6.45, 7) is 1.93. The second kappa shape index (κ2) is 8.99. The lowest BCUT2D eigenvalue weighted by Gasteiger charge is -2.28. The molecular formula is C21H32N4O2. The average molecular weight is 373 g/mol. The van der Waals surface area contributed by atoms with Gasteiger partial charge in [-0.3, -0.25) is 0 Å². The molecule has 27 heavy (non-hydrogen) atoms. The Bertz CT molecular complexity index is 663. The van der Waals surface area contributed by atoms with Gasteiger partial charge in [0.25, 0.3) is 0 Å². The van der Waals surface area contributed by atoms with Gasteiger partial charge in [-0.1, -0.05) is 12.8 Å². The molecule has 0 amide bonds. The van der Waals surface area contributed by atoms with E-state index in [0.29, 0.717) is 29.6 Å². The molecule has 3 rings (SSSR count). The molecular weight excluding hydrogens is 340 g/mol. The summed E-state index contributed by atoms with van der Waals surface area (Å²) in [6.07, 6.45) is 11.8. The Morgan fingerprint density at radius 3 is 2.78 bits per heavy atom. The van der Waals surface area contributed by atoms with Gasteiger partial charge in [0, 0.05) is 13.2 Å². The van der Waals surface area contributed by atoms with Gasteiger partial charge in [-0.25, -0.2) is 9.97 Å². The molecule has 6 heteroatoms. The molecule has 0 saturated heterocycles. The van der Waals surface area contributed by atoms with Gasteiger partial charge in [0.05, 0.1) is 29.2 Å². The SMILES string of the molecule is COC1CCC(Nc2ncc(C#N)c(C[C@@H]3CCCC[C@@](C)(O)C3)n2)CC1. The van der Waals surface area contributed by atoms with Crippen LogP contribution in [0.5, 0.6) is 0 Å². The summed E-state index contributed by atoms with van der Waals surface area (Å²) < 4.78 is 5.44. The number of hydrogen-bond acceptors (Lipinski definition) is 6. The number of hydrogen-bond donors (Lipinski definition) is 2. The van der Waals surface area contributed by atoms with Crippen LogP contribution >= 0.6 is 0 Å². The maximum atomic E-state index is 10.5. The first-order chi connectivity index (χ1) is 13.0. The maximum Gasteiger partial charge on any atom is 0.223 e. The molecule has 2 aliphatic carbocycles. The van der Waals surface area contributed by atoms with Crippen molar-refractivity contribution >= 4 is 5.95 Å². The van der Waals surface area contributed by atoms with E-state index in [1.165, 1.54) is 0 Å². The van der Waals surface area contributed by atoms with Gasteiger partial charge in [-0.2, -0.15) is 5.26 Å². The zero-order valence-electron chi connectivity index (χ0n) is 16.6. The number of anilines is 1. The Morgan fingerprint density at radius 2 is 2.07 bits per heavy atom. The van der Waals surface area contributed by atoms with E-state index in [1.807, 2.05) is 6.92 Å². The molecule has 2 fully saturated rings. The van der Waals surface area contributed by atoms with Gasteiger partial charge < -0.3 is 15.2 Å². The third kappa shape index (κ3) is 5.63. The first-order valence-corrected chi connectivity index (χ1v) is 10.3. The molecule has 1 heterocycles. The predicted octanol–water partition coefficient (Wildman–Crippen LogP) is 3.59. The molecule has 2 N–H and O–H groups in total. The second-order valence-corrected chi connectivity index (χ2v) is 8.54. The highest BCUT2D eigenvalue weighted by Gasteiger charge is 2.29. The first kappa shape index (κ1) is 20.0. The molecule has 1 aromatic heterocycles. The summed E-state index contributed by atoms with van der Waals surface area (Å²) in [5.41, 5.74) is 0.748.